The average Bonchev–Trinajstić information content (AvgIpc) is 2.44. The van der Waals surface area contributed by atoms with E-state index in [0.717, 1.165) is 5.56 Å². The number of nitrogens with zero attached hydrogens (tertiary/aromatic N) is 1. The molecule has 0 fully saturated rings. The third kappa shape index (κ3) is 3.38. The Labute approximate surface area is 120 Å². The summed E-state index contributed by atoms with van der Waals surface area (Å²) in [5.74, 6) is -0.662. The summed E-state index contributed by atoms with van der Waals surface area (Å²) >= 11 is 0. The van der Waals surface area contributed by atoms with E-state index in [9.17, 15) is 14.5 Å². The van der Waals surface area contributed by atoms with Gasteiger partial charge >= 0.3 is 0 Å². The van der Waals surface area contributed by atoms with Gasteiger partial charge in [0.05, 0.1) is 4.92 Å². The lowest BCUT2D eigenvalue weighted by atomic mass is 10.1. The van der Waals surface area contributed by atoms with Crippen LogP contribution in [0.3, 0.4) is 0 Å². The highest BCUT2D eigenvalue weighted by molar-refractivity contribution is 5.62. The van der Waals surface area contributed by atoms with Crippen molar-refractivity contribution in [2.24, 2.45) is 0 Å². The van der Waals surface area contributed by atoms with E-state index in [0.29, 0.717) is 24.3 Å². The number of para-hydroxylation sites is 1. The van der Waals surface area contributed by atoms with Gasteiger partial charge in [0.25, 0.3) is 5.69 Å². The average molecular weight is 290 g/mol. The number of hydrogen-bond acceptors (Lipinski definition) is 5. The zero-order chi connectivity index (χ0) is 15.4. The van der Waals surface area contributed by atoms with Crippen LogP contribution in [0.5, 0.6) is 0 Å². The fourth-order valence-electron chi connectivity index (χ4n) is 2.00. The largest absolute Gasteiger partial charge is 0.399 e. The number of nitro groups is 1. The van der Waals surface area contributed by atoms with E-state index in [4.69, 9.17) is 11.5 Å². The van der Waals surface area contributed by atoms with Crippen LogP contribution in [0.2, 0.25) is 0 Å². The van der Waals surface area contributed by atoms with Gasteiger partial charge in [-0.15, -0.1) is 0 Å². The summed E-state index contributed by atoms with van der Waals surface area (Å²) in [7, 11) is 0. The standard InChI is InChI=1S/C14H15FN4O2/c15-11-2-1-3-13(19(20)21)14(11)18-7-6-9-8-10(16)4-5-12(9)17/h1-5,8,18H,6-7,16-17H2. The molecule has 0 radical (unpaired) electrons. The molecule has 0 heterocycles. The number of halogens is 1. The molecular formula is C14H15FN4O2. The monoisotopic (exact) mass is 290 g/mol. The molecule has 6 nitrogen and oxygen atoms in total. The third-order valence-corrected chi connectivity index (χ3v) is 3.05. The van der Waals surface area contributed by atoms with Crippen LogP contribution in [-0.2, 0) is 6.42 Å². The Bertz CT molecular complexity index is 676. The van der Waals surface area contributed by atoms with E-state index in [2.05, 4.69) is 5.32 Å². The van der Waals surface area contributed by atoms with Crippen molar-refractivity contribution in [3.05, 3.63) is 57.9 Å². The summed E-state index contributed by atoms with van der Waals surface area (Å²) < 4.78 is 13.7. The Kier molecular flexibility index (Phi) is 4.22. The maximum atomic E-state index is 13.7. The fourth-order valence-corrected chi connectivity index (χ4v) is 2.00. The lowest BCUT2D eigenvalue weighted by Crippen LogP contribution is -2.10. The van der Waals surface area contributed by atoms with Crippen molar-refractivity contribution in [3.63, 3.8) is 0 Å². The SMILES string of the molecule is Nc1ccc(N)c(CCNc2c(F)cccc2[N+](=O)[O-])c1. The zero-order valence-electron chi connectivity index (χ0n) is 11.2. The van der Waals surface area contributed by atoms with Gasteiger partial charge in [-0.1, -0.05) is 6.07 Å². The van der Waals surface area contributed by atoms with E-state index >= 15 is 0 Å². The number of rotatable bonds is 5. The Morgan fingerprint density at radius 3 is 2.71 bits per heavy atom. The minimum atomic E-state index is -0.662. The van der Waals surface area contributed by atoms with Gasteiger partial charge in [0.2, 0.25) is 0 Å². The van der Waals surface area contributed by atoms with Crippen LogP contribution in [0, 0.1) is 15.9 Å². The van der Waals surface area contributed by atoms with E-state index in [1.165, 1.54) is 18.2 Å². The molecule has 0 saturated carbocycles. The van der Waals surface area contributed by atoms with Crippen LogP contribution >= 0.6 is 0 Å². The van der Waals surface area contributed by atoms with E-state index in [1.807, 2.05) is 0 Å². The second-order valence-corrected chi connectivity index (χ2v) is 4.53. The topological polar surface area (TPSA) is 107 Å². The zero-order valence-corrected chi connectivity index (χ0v) is 11.2. The smallest absolute Gasteiger partial charge is 0.295 e. The summed E-state index contributed by atoms with van der Waals surface area (Å²) in [4.78, 5) is 10.2. The Morgan fingerprint density at radius 2 is 2.00 bits per heavy atom. The van der Waals surface area contributed by atoms with Crippen molar-refractivity contribution in [1.29, 1.82) is 0 Å². The molecule has 2 aromatic carbocycles. The molecule has 0 unspecified atom stereocenters. The van der Waals surface area contributed by atoms with Gasteiger partial charge in [-0.05, 0) is 36.2 Å². The minimum absolute atomic E-state index is 0.120. The fraction of sp³-hybridized carbons (Fsp3) is 0.143. The molecular weight excluding hydrogens is 275 g/mol. The molecule has 0 aromatic heterocycles. The lowest BCUT2D eigenvalue weighted by Gasteiger charge is -2.10. The first-order valence-corrected chi connectivity index (χ1v) is 6.29. The predicted octanol–water partition coefficient (Wildman–Crippen LogP) is 2.55. The van der Waals surface area contributed by atoms with Crippen LogP contribution in [0.15, 0.2) is 36.4 Å². The Balaban J connectivity index is 2.10. The maximum absolute atomic E-state index is 13.7. The van der Waals surface area contributed by atoms with E-state index < -0.39 is 10.7 Å². The molecule has 0 amide bonds. The summed E-state index contributed by atoms with van der Waals surface area (Å²) in [5.41, 5.74) is 13.0. The second-order valence-electron chi connectivity index (χ2n) is 4.53. The van der Waals surface area contributed by atoms with Crippen LogP contribution < -0.4 is 16.8 Å². The van der Waals surface area contributed by atoms with Crippen molar-refractivity contribution in [2.75, 3.05) is 23.3 Å². The molecule has 0 bridgehead atoms. The van der Waals surface area contributed by atoms with E-state index in [1.54, 1.807) is 18.2 Å². The summed E-state index contributed by atoms with van der Waals surface area (Å²) in [6.45, 7) is 0.301. The van der Waals surface area contributed by atoms with Crippen molar-refractivity contribution in [1.82, 2.24) is 0 Å². The number of benzene rings is 2. The summed E-state index contributed by atoms with van der Waals surface area (Å²) in [6.07, 6.45) is 0.475. The molecule has 7 heteroatoms. The van der Waals surface area contributed by atoms with Crippen molar-refractivity contribution in [2.45, 2.75) is 6.42 Å². The van der Waals surface area contributed by atoms with Gasteiger partial charge in [-0.3, -0.25) is 10.1 Å². The van der Waals surface area contributed by atoms with Crippen molar-refractivity contribution >= 4 is 22.7 Å². The molecule has 0 saturated heterocycles. The molecule has 0 aliphatic rings. The molecule has 2 rings (SSSR count). The van der Waals surface area contributed by atoms with Gasteiger partial charge in [0, 0.05) is 24.0 Å². The second kappa shape index (κ2) is 6.08. The normalized spacial score (nSPS) is 10.3. The Morgan fingerprint density at radius 1 is 1.24 bits per heavy atom. The quantitative estimate of drug-likeness (QED) is 0.445. The highest BCUT2D eigenvalue weighted by Gasteiger charge is 2.17. The van der Waals surface area contributed by atoms with Crippen molar-refractivity contribution < 1.29 is 9.31 Å². The van der Waals surface area contributed by atoms with Gasteiger partial charge < -0.3 is 16.8 Å². The Hall–Kier alpha value is -2.83. The van der Waals surface area contributed by atoms with Gasteiger partial charge in [-0.2, -0.15) is 0 Å². The molecule has 110 valence electrons. The number of nitro benzene ring substituents is 1. The van der Waals surface area contributed by atoms with Crippen LogP contribution in [0.1, 0.15) is 5.56 Å². The number of nitrogen functional groups attached to an aromatic ring is 2. The first-order valence-electron chi connectivity index (χ1n) is 6.29. The highest BCUT2D eigenvalue weighted by Crippen LogP contribution is 2.27. The minimum Gasteiger partial charge on any atom is -0.399 e. The van der Waals surface area contributed by atoms with Gasteiger partial charge in [0.15, 0.2) is 5.82 Å². The van der Waals surface area contributed by atoms with Gasteiger partial charge in [-0.25, -0.2) is 4.39 Å². The predicted molar refractivity (Wildman–Crippen MR) is 80.5 cm³/mol. The third-order valence-electron chi connectivity index (χ3n) is 3.05. The first kappa shape index (κ1) is 14.6. The summed E-state index contributed by atoms with van der Waals surface area (Å²) in [5, 5.41) is 13.6. The number of nitrogens with one attached hydrogen (secondary N) is 1. The van der Waals surface area contributed by atoms with Crippen LogP contribution in [0.25, 0.3) is 0 Å². The van der Waals surface area contributed by atoms with E-state index in [-0.39, 0.29) is 11.4 Å². The first-order chi connectivity index (χ1) is 9.99. The number of nitrogens with two attached hydrogens (primary N) is 2. The number of anilines is 3. The van der Waals surface area contributed by atoms with Crippen LogP contribution in [-0.4, -0.2) is 11.5 Å². The molecule has 0 aliphatic heterocycles. The summed E-state index contributed by atoms with van der Waals surface area (Å²) in [6, 6.07) is 8.83. The van der Waals surface area contributed by atoms with Crippen LogP contribution in [0.4, 0.5) is 27.1 Å². The molecule has 2 aromatic rings. The maximum Gasteiger partial charge on any atom is 0.295 e. The number of hydrogen-bond donors (Lipinski definition) is 3. The molecule has 5 N–H and O–H groups in total. The molecule has 0 aliphatic carbocycles. The molecule has 0 atom stereocenters. The lowest BCUT2D eigenvalue weighted by molar-refractivity contribution is -0.384. The van der Waals surface area contributed by atoms with Crippen molar-refractivity contribution in [3.8, 4) is 0 Å². The highest BCUT2D eigenvalue weighted by atomic mass is 19.1. The van der Waals surface area contributed by atoms with Gasteiger partial charge in [0.1, 0.15) is 5.69 Å². The molecule has 21 heavy (non-hydrogen) atoms. The molecule has 0 spiro atoms.